The summed E-state index contributed by atoms with van der Waals surface area (Å²) < 4.78 is 14.6. The molecule has 1 aliphatic heterocycles. The molecular formula is C7H10FN3. The molecule has 0 saturated carbocycles. The van der Waals surface area contributed by atoms with Gasteiger partial charge in [-0.25, -0.2) is 9.37 Å². The van der Waals surface area contributed by atoms with Gasteiger partial charge < -0.3 is 10.3 Å². The second kappa shape index (κ2) is 2.30. The Balaban J connectivity index is 2.36. The van der Waals surface area contributed by atoms with Gasteiger partial charge in [-0.2, -0.15) is 0 Å². The Labute approximate surface area is 64.0 Å². The Hall–Kier alpha value is -0.900. The lowest BCUT2D eigenvalue weighted by Gasteiger charge is -2.22. The molecule has 0 bridgehead atoms. The van der Waals surface area contributed by atoms with Crippen LogP contribution in [0, 0.1) is 0 Å². The Morgan fingerprint density at radius 3 is 3.36 bits per heavy atom. The van der Waals surface area contributed by atoms with E-state index in [0.29, 0.717) is 13.0 Å². The van der Waals surface area contributed by atoms with Crippen LogP contribution in [-0.2, 0) is 6.54 Å². The van der Waals surface area contributed by atoms with Gasteiger partial charge in [0.25, 0.3) is 0 Å². The summed E-state index contributed by atoms with van der Waals surface area (Å²) in [6.45, 7) is 0.406. The number of aromatic nitrogens is 2. The number of fused-ring (bicyclic) bond motifs is 1. The first-order chi connectivity index (χ1) is 5.27. The van der Waals surface area contributed by atoms with Gasteiger partial charge in [-0.1, -0.05) is 0 Å². The molecule has 11 heavy (non-hydrogen) atoms. The molecule has 60 valence electrons. The molecule has 3 nitrogen and oxygen atoms in total. The lowest BCUT2D eigenvalue weighted by molar-refractivity contribution is 0.230. The first kappa shape index (κ1) is 6.79. The Bertz CT molecular complexity index is 258. The van der Waals surface area contributed by atoms with E-state index in [2.05, 4.69) is 4.98 Å². The van der Waals surface area contributed by atoms with Crippen LogP contribution < -0.4 is 5.73 Å². The van der Waals surface area contributed by atoms with Crippen molar-refractivity contribution < 1.29 is 4.39 Å². The standard InChI is InChI=1S/C7H10FN3/c8-5-3-6(9)7-10-1-2-11(7)4-5/h1-2,5-6H,3-4,9H2. The fraction of sp³-hybridized carbons (Fsp3) is 0.571. The first-order valence-electron chi connectivity index (χ1n) is 3.68. The Morgan fingerprint density at radius 1 is 1.73 bits per heavy atom. The van der Waals surface area contributed by atoms with Crippen LogP contribution in [0.25, 0.3) is 0 Å². The maximum absolute atomic E-state index is 12.9. The monoisotopic (exact) mass is 155 g/mol. The lowest BCUT2D eigenvalue weighted by atomic mass is 10.1. The fourth-order valence-electron chi connectivity index (χ4n) is 1.47. The minimum absolute atomic E-state index is 0.228. The molecule has 4 heteroatoms. The van der Waals surface area contributed by atoms with Crippen molar-refractivity contribution in [3.8, 4) is 0 Å². The van der Waals surface area contributed by atoms with Gasteiger partial charge in [0.15, 0.2) is 0 Å². The molecule has 2 heterocycles. The summed E-state index contributed by atoms with van der Waals surface area (Å²) in [5.74, 6) is 0.805. The molecule has 2 unspecified atom stereocenters. The fourth-order valence-corrected chi connectivity index (χ4v) is 1.47. The largest absolute Gasteiger partial charge is 0.331 e. The minimum Gasteiger partial charge on any atom is -0.331 e. The Kier molecular flexibility index (Phi) is 1.42. The SMILES string of the molecule is NC1CC(F)Cn2ccnc21. The molecular weight excluding hydrogens is 145 g/mol. The van der Waals surface area contributed by atoms with E-state index in [-0.39, 0.29) is 6.04 Å². The van der Waals surface area contributed by atoms with Gasteiger partial charge in [0.1, 0.15) is 12.0 Å². The Morgan fingerprint density at radius 2 is 2.55 bits per heavy atom. The lowest BCUT2D eigenvalue weighted by Crippen LogP contribution is -2.29. The average Bonchev–Trinajstić information content (AvgIpc) is 2.34. The summed E-state index contributed by atoms with van der Waals surface area (Å²) in [6.07, 6.45) is 3.01. The van der Waals surface area contributed by atoms with Crippen molar-refractivity contribution in [1.29, 1.82) is 0 Å². The van der Waals surface area contributed by atoms with E-state index in [1.54, 1.807) is 17.0 Å². The van der Waals surface area contributed by atoms with Crippen LogP contribution in [0.1, 0.15) is 18.3 Å². The minimum atomic E-state index is -0.813. The molecule has 2 rings (SSSR count). The highest BCUT2D eigenvalue weighted by Crippen LogP contribution is 2.22. The zero-order chi connectivity index (χ0) is 7.84. The third kappa shape index (κ3) is 1.03. The molecule has 0 amide bonds. The highest BCUT2D eigenvalue weighted by Gasteiger charge is 2.24. The molecule has 0 fully saturated rings. The van der Waals surface area contributed by atoms with Crippen molar-refractivity contribution in [2.45, 2.75) is 25.2 Å². The number of imidazole rings is 1. The summed E-state index contributed by atoms with van der Waals surface area (Å²) in [5.41, 5.74) is 5.66. The third-order valence-corrected chi connectivity index (χ3v) is 1.98. The predicted octanol–water partition coefficient (Wildman–Crippen LogP) is 0.625. The molecule has 1 aromatic rings. The van der Waals surface area contributed by atoms with E-state index < -0.39 is 6.17 Å². The van der Waals surface area contributed by atoms with Gasteiger partial charge in [-0.05, 0) is 0 Å². The quantitative estimate of drug-likeness (QED) is 0.597. The highest BCUT2D eigenvalue weighted by atomic mass is 19.1. The molecule has 0 aliphatic carbocycles. The number of nitrogens with zero attached hydrogens (tertiary/aromatic N) is 2. The topological polar surface area (TPSA) is 43.8 Å². The van der Waals surface area contributed by atoms with Gasteiger partial charge in [0.2, 0.25) is 0 Å². The zero-order valence-corrected chi connectivity index (χ0v) is 6.07. The molecule has 1 aliphatic rings. The molecule has 1 aromatic heterocycles. The summed E-state index contributed by atoms with van der Waals surface area (Å²) in [4.78, 5) is 4.04. The summed E-state index contributed by atoms with van der Waals surface area (Å²) in [7, 11) is 0. The number of alkyl halides is 1. The molecule has 2 atom stereocenters. The van der Waals surface area contributed by atoms with Crippen molar-refractivity contribution >= 4 is 0 Å². The summed E-state index contributed by atoms with van der Waals surface area (Å²) in [6, 6.07) is -0.228. The summed E-state index contributed by atoms with van der Waals surface area (Å²) in [5, 5.41) is 0. The van der Waals surface area contributed by atoms with E-state index in [0.717, 1.165) is 5.82 Å². The van der Waals surface area contributed by atoms with Crippen LogP contribution in [-0.4, -0.2) is 15.7 Å². The normalized spacial score (nSPS) is 30.0. The van der Waals surface area contributed by atoms with Crippen LogP contribution in [0.5, 0.6) is 0 Å². The van der Waals surface area contributed by atoms with Crippen molar-refractivity contribution in [2.75, 3.05) is 0 Å². The van der Waals surface area contributed by atoms with Crippen molar-refractivity contribution in [1.82, 2.24) is 9.55 Å². The molecule has 2 N–H and O–H groups in total. The summed E-state index contributed by atoms with van der Waals surface area (Å²) >= 11 is 0. The van der Waals surface area contributed by atoms with Crippen molar-refractivity contribution in [3.05, 3.63) is 18.2 Å². The van der Waals surface area contributed by atoms with E-state index in [9.17, 15) is 4.39 Å². The van der Waals surface area contributed by atoms with Gasteiger partial charge in [-0.3, -0.25) is 0 Å². The average molecular weight is 155 g/mol. The van der Waals surface area contributed by atoms with E-state index in [1.165, 1.54) is 0 Å². The third-order valence-electron chi connectivity index (χ3n) is 1.98. The van der Waals surface area contributed by atoms with Crippen LogP contribution in [0.4, 0.5) is 4.39 Å². The van der Waals surface area contributed by atoms with Gasteiger partial charge in [-0.15, -0.1) is 0 Å². The second-order valence-electron chi connectivity index (χ2n) is 2.88. The van der Waals surface area contributed by atoms with E-state index >= 15 is 0 Å². The molecule has 0 aromatic carbocycles. The second-order valence-corrected chi connectivity index (χ2v) is 2.88. The van der Waals surface area contributed by atoms with Gasteiger partial charge in [0.05, 0.1) is 12.6 Å². The molecule has 0 radical (unpaired) electrons. The number of hydrogen-bond donors (Lipinski definition) is 1. The van der Waals surface area contributed by atoms with Gasteiger partial charge in [0, 0.05) is 18.8 Å². The predicted molar refractivity (Wildman–Crippen MR) is 38.7 cm³/mol. The van der Waals surface area contributed by atoms with Crippen LogP contribution >= 0.6 is 0 Å². The highest BCUT2D eigenvalue weighted by molar-refractivity contribution is 5.02. The van der Waals surface area contributed by atoms with Crippen LogP contribution in [0.3, 0.4) is 0 Å². The smallest absolute Gasteiger partial charge is 0.125 e. The number of hydrogen-bond acceptors (Lipinski definition) is 2. The van der Waals surface area contributed by atoms with E-state index in [4.69, 9.17) is 5.73 Å². The zero-order valence-electron chi connectivity index (χ0n) is 6.07. The van der Waals surface area contributed by atoms with E-state index in [1.807, 2.05) is 0 Å². The van der Waals surface area contributed by atoms with Crippen LogP contribution in [0.2, 0.25) is 0 Å². The number of halogens is 1. The van der Waals surface area contributed by atoms with Gasteiger partial charge >= 0.3 is 0 Å². The maximum Gasteiger partial charge on any atom is 0.125 e. The molecule has 0 spiro atoms. The van der Waals surface area contributed by atoms with Crippen molar-refractivity contribution in [2.24, 2.45) is 5.73 Å². The van der Waals surface area contributed by atoms with Crippen molar-refractivity contribution in [3.63, 3.8) is 0 Å². The van der Waals surface area contributed by atoms with Crippen LogP contribution in [0.15, 0.2) is 12.4 Å². The maximum atomic E-state index is 12.9. The molecule has 0 saturated heterocycles. The number of rotatable bonds is 0. The first-order valence-corrected chi connectivity index (χ1v) is 3.68. The number of nitrogens with two attached hydrogens (primary N) is 1.